The Hall–Kier alpha value is -1.72. The van der Waals surface area contributed by atoms with Crippen LogP contribution < -0.4 is 5.43 Å². The van der Waals surface area contributed by atoms with Crippen molar-refractivity contribution >= 4 is 5.97 Å². The molecule has 0 aliphatic rings. The second kappa shape index (κ2) is 3.57. The number of carbonyl (C=O) groups is 1. The number of aromatic nitrogens is 1. The molecular weight excluding hydrogens is 196 g/mol. The summed E-state index contributed by atoms with van der Waals surface area (Å²) in [6.45, 7) is 1.42. The standard InChI is InChI=1S/C8H7F2NO3/c1-3-2-4(12)5(7(9)10)6(11-3)8(13)14/h2,7H,1H3,(H,11,12)(H,13,14). The van der Waals surface area contributed by atoms with Crippen LogP contribution in [0.25, 0.3) is 0 Å². The lowest BCUT2D eigenvalue weighted by Crippen LogP contribution is -2.18. The van der Waals surface area contributed by atoms with E-state index in [9.17, 15) is 18.4 Å². The Balaban J connectivity index is 3.53. The Morgan fingerprint density at radius 2 is 2.14 bits per heavy atom. The molecule has 0 unspecified atom stereocenters. The van der Waals surface area contributed by atoms with Crippen molar-refractivity contribution in [1.29, 1.82) is 0 Å². The number of hydrogen-bond donors (Lipinski definition) is 2. The molecule has 14 heavy (non-hydrogen) atoms. The highest BCUT2D eigenvalue weighted by molar-refractivity contribution is 5.87. The van der Waals surface area contributed by atoms with Crippen LogP contribution in [-0.2, 0) is 0 Å². The SMILES string of the molecule is Cc1cc(=O)c(C(F)F)c(C(=O)O)[nH]1. The number of hydrogen-bond acceptors (Lipinski definition) is 2. The minimum Gasteiger partial charge on any atom is -0.477 e. The number of nitrogens with one attached hydrogen (secondary N) is 1. The number of carboxylic acid groups (broad SMARTS) is 1. The Kier molecular flexibility index (Phi) is 2.64. The Labute approximate surface area is 77.2 Å². The van der Waals surface area contributed by atoms with Gasteiger partial charge in [-0.1, -0.05) is 0 Å². The van der Waals surface area contributed by atoms with Gasteiger partial charge in [0.15, 0.2) is 5.43 Å². The molecule has 0 bridgehead atoms. The fourth-order valence-corrected chi connectivity index (χ4v) is 1.08. The van der Waals surface area contributed by atoms with Crippen LogP contribution >= 0.6 is 0 Å². The molecule has 0 aliphatic heterocycles. The Morgan fingerprint density at radius 3 is 2.57 bits per heavy atom. The van der Waals surface area contributed by atoms with Gasteiger partial charge in [0.1, 0.15) is 5.69 Å². The maximum atomic E-state index is 12.3. The van der Waals surface area contributed by atoms with Crippen molar-refractivity contribution in [2.24, 2.45) is 0 Å². The van der Waals surface area contributed by atoms with Gasteiger partial charge in [-0.05, 0) is 6.92 Å². The first-order valence-corrected chi connectivity index (χ1v) is 3.68. The molecule has 0 amide bonds. The number of H-pyrrole nitrogens is 1. The number of pyridine rings is 1. The topological polar surface area (TPSA) is 70.2 Å². The predicted molar refractivity (Wildman–Crippen MR) is 43.7 cm³/mol. The number of carboxylic acids is 1. The molecule has 1 aromatic rings. The lowest BCUT2D eigenvalue weighted by Gasteiger charge is -2.04. The summed E-state index contributed by atoms with van der Waals surface area (Å²) < 4.78 is 24.6. The first-order valence-electron chi connectivity index (χ1n) is 3.68. The van der Waals surface area contributed by atoms with Crippen molar-refractivity contribution in [3.8, 4) is 0 Å². The van der Waals surface area contributed by atoms with Gasteiger partial charge in [-0.2, -0.15) is 0 Å². The van der Waals surface area contributed by atoms with Crippen molar-refractivity contribution in [2.45, 2.75) is 13.3 Å². The van der Waals surface area contributed by atoms with Crippen LogP contribution in [0.1, 0.15) is 28.2 Å². The second-order valence-corrected chi connectivity index (χ2v) is 2.71. The summed E-state index contributed by atoms with van der Waals surface area (Å²) in [5.41, 5.74) is -2.47. The third-order valence-corrected chi connectivity index (χ3v) is 1.64. The van der Waals surface area contributed by atoms with Crippen molar-refractivity contribution in [2.75, 3.05) is 0 Å². The second-order valence-electron chi connectivity index (χ2n) is 2.71. The van der Waals surface area contributed by atoms with Gasteiger partial charge in [-0.25, -0.2) is 13.6 Å². The van der Waals surface area contributed by atoms with Gasteiger partial charge in [-0.3, -0.25) is 4.79 Å². The van der Waals surface area contributed by atoms with Crippen LogP contribution in [0.3, 0.4) is 0 Å². The van der Waals surface area contributed by atoms with Gasteiger partial charge in [0.2, 0.25) is 0 Å². The number of alkyl halides is 2. The quantitative estimate of drug-likeness (QED) is 0.761. The number of aromatic amines is 1. The molecular formula is C8H7F2NO3. The van der Waals surface area contributed by atoms with E-state index in [0.717, 1.165) is 6.07 Å². The molecule has 1 heterocycles. The molecule has 0 spiro atoms. The van der Waals surface area contributed by atoms with E-state index in [-0.39, 0.29) is 5.69 Å². The summed E-state index contributed by atoms with van der Waals surface area (Å²) in [6, 6.07) is 0.938. The smallest absolute Gasteiger partial charge is 0.352 e. The largest absolute Gasteiger partial charge is 0.477 e. The van der Waals surface area contributed by atoms with Crippen molar-refractivity contribution in [3.63, 3.8) is 0 Å². The minimum atomic E-state index is -3.09. The molecule has 1 aromatic heterocycles. The van der Waals surface area contributed by atoms with E-state index >= 15 is 0 Å². The van der Waals surface area contributed by atoms with E-state index in [2.05, 4.69) is 4.98 Å². The van der Waals surface area contributed by atoms with E-state index in [1.807, 2.05) is 0 Å². The molecule has 0 aliphatic carbocycles. The van der Waals surface area contributed by atoms with Crippen LogP contribution in [0, 0.1) is 6.92 Å². The molecule has 0 saturated carbocycles. The highest BCUT2D eigenvalue weighted by atomic mass is 19.3. The van der Waals surface area contributed by atoms with Crippen molar-refractivity contribution < 1.29 is 18.7 Å². The zero-order valence-electron chi connectivity index (χ0n) is 7.17. The fourth-order valence-electron chi connectivity index (χ4n) is 1.08. The summed E-state index contributed by atoms with van der Waals surface area (Å²) in [5.74, 6) is -1.57. The summed E-state index contributed by atoms with van der Waals surface area (Å²) in [5, 5.41) is 8.56. The molecule has 0 radical (unpaired) electrons. The van der Waals surface area contributed by atoms with Crippen LogP contribution in [0.4, 0.5) is 8.78 Å². The van der Waals surface area contributed by atoms with Gasteiger partial charge in [0.05, 0.1) is 5.56 Å². The average Bonchev–Trinajstić information content (AvgIpc) is 2.01. The van der Waals surface area contributed by atoms with E-state index in [1.165, 1.54) is 6.92 Å². The first-order chi connectivity index (χ1) is 6.43. The van der Waals surface area contributed by atoms with E-state index < -0.39 is 29.1 Å². The fraction of sp³-hybridized carbons (Fsp3) is 0.250. The molecule has 76 valence electrons. The molecule has 0 fully saturated rings. The molecule has 0 aromatic carbocycles. The maximum Gasteiger partial charge on any atom is 0.352 e. The predicted octanol–water partition coefficient (Wildman–Crippen LogP) is 1.32. The van der Waals surface area contributed by atoms with Gasteiger partial charge in [-0.15, -0.1) is 0 Å². The monoisotopic (exact) mass is 203 g/mol. The van der Waals surface area contributed by atoms with Crippen molar-refractivity contribution in [3.05, 3.63) is 33.2 Å². The Morgan fingerprint density at radius 1 is 1.57 bits per heavy atom. The maximum absolute atomic E-state index is 12.3. The Bertz CT molecular complexity index is 425. The van der Waals surface area contributed by atoms with Crippen LogP contribution in [0.5, 0.6) is 0 Å². The summed E-state index contributed by atoms with van der Waals surface area (Å²) in [7, 11) is 0. The number of aryl methyl sites for hydroxylation is 1. The van der Waals surface area contributed by atoms with E-state index in [4.69, 9.17) is 5.11 Å². The highest BCUT2D eigenvalue weighted by Gasteiger charge is 2.22. The molecule has 6 heteroatoms. The molecule has 2 N–H and O–H groups in total. The third-order valence-electron chi connectivity index (χ3n) is 1.64. The van der Waals surface area contributed by atoms with Crippen molar-refractivity contribution in [1.82, 2.24) is 4.98 Å². The molecule has 0 atom stereocenters. The third kappa shape index (κ3) is 1.78. The van der Waals surface area contributed by atoms with E-state index in [1.54, 1.807) is 0 Å². The van der Waals surface area contributed by atoms with Crippen LogP contribution in [0.2, 0.25) is 0 Å². The zero-order valence-corrected chi connectivity index (χ0v) is 7.17. The van der Waals surface area contributed by atoms with Gasteiger partial charge in [0, 0.05) is 11.8 Å². The van der Waals surface area contributed by atoms with Gasteiger partial charge < -0.3 is 10.1 Å². The van der Waals surface area contributed by atoms with Crippen LogP contribution in [-0.4, -0.2) is 16.1 Å². The zero-order chi connectivity index (χ0) is 10.9. The lowest BCUT2D eigenvalue weighted by molar-refractivity contribution is 0.0676. The molecule has 4 nitrogen and oxygen atoms in total. The summed E-state index contributed by atoms with van der Waals surface area (Å²) in [6.07, 6.45) is -3.09. The number of rotatable bonds is 2. The van der Waals surface area contributed by atoms with Gasteiger partial charge in [0.25, 0.3) is 6.43 Å². The molecule has 0 saturated heterocycles. The first kappa shape index (κ1) is 10.4. The normalized spacial score (nSPS) is 10.6. The van der Waals surface area contributed by atoms with E-state index in [0.29, 0.717) is 0 Å². The highest BCUT2D eigenvalue weighted by Crippen LogP contribution is 2.18. The number of aromatic carboxylic acids is 1. The summed E-state index contributed by atoms with van der Waals surface area (Å²) in [4.78, 5) is 23.8. The molecule has 1 rings (SSSR count). The lowest BCUT2D eigenvalue weighted by atomic mass is 10.1. The van der Waals surface area contributed by atoms with Crippen LogP contribution in [0.15, 0.2) is 10.9 Å². The minimum absolute atomic E-state index is 0.233. The number of halogens is 2. The summed E-state index contributed by atoms with van der Waals surface area (Å²) >= 11 is 0. The average molecular weight is 203 g/mol. The van der Waals surface area contributed by atoms with Gasteiger partial charge >= 0.3 is 5.97 Å².